The zero-order valence-corrected chi connectivity index (χ0v) is 18.4. The highest BCUT2D eigenvalue weighted by atomic mass is 32.2. The number of carbonyl (C=O) groups excluding carboxylic acids is 2. The van der Waals surface area contributed by atoms with Crippen LogP contribution in [-0.2, 0) is 4.79 Å². The molecule has 28 heavy (non-hydrogen) atoms. The van der Waals surface area contributed by atoms with E-state index in [-0.39, 0.29) is 23.8 Å². The van der Waals surface area contributed by atoms with E-state index in [2.05, 4.69) is 22.9 Å². The van der Waals surface area contributed by atoms with Crippen LogP contribution in [0.25, 0.3) is 0 Å². The number of amides is 2. The van der Waals surface area contributed by atoms with Crippen LogP contribution in [0.1, 0.15) is 79.4 Å². The smallest absolute Gasteiger partial charge is 0.261 e. The second kappa shape index (κ2) is 8.78. The molecule has 2 unspecified atom stereocenters. The summed E-state index contributed by atoms with van der Waals surface area (Å²) >= 11 is 3.55. The van der Waals surface area contributed by atoms with E-state index in [1.165, 1.54) is 54.1 Å². The molecule has 1 spiro atoms. The average Bonchev–Trinajstić information content (AvgIpc) is 3.62. The van der Waals surface area contributed by atoms with Crippen LogP contribution in [0, 0.1) is 11.3 Å². The van der Waals surface area contributed by atoms with Crippen LogP contribution in [0.15, 0.2) is 11.4 Å². The van der Waals surface area contributed by atoms with Gasteiger partial charge < -0.3 is 10.6 Å². The van der Waals surface area contributed by atoms with Gasteiger partial charge in [-0.25, -0.2) is 0 Å². The Morgan fingerprint density at radius 1 is 1.29 bits per heavy atom. The van der Waals surface area contributed by atoms with E-state index in [4.69, 9.17) is 0 Å². The van der Waals surface area contributed by atoms with E-state index in [1.807, 2.05) is 17.8 Å². The third-order valence-corrected chi connectivity index (χ3v) is 8.58. The van der Waals surface area contributed by atoms with Gasteiger partial charge in [0, 0.05) is 18.5 Å². The first-order valence-corrected chi connectivity index (χ1v) is 12.9. The second-order valence-electron chi connectivity index (χ2n) is 8.81. The molecule has 0 bridgehead atoms. The first-order valence-electron chi connectivity index (χ1n) is 10.9. The summed E-state index contributed by atoms with van der Waals surface area (Å²) in [5, 5.41) is 8.46. The van der Waals surface area contributed by atoms with Crippen molar-refractivity contribution in [1.82, 2.24) is 10.6 Å². The van der Waals surface area contributed by atoms with Gasteiger partial charge in [0.05, 0.1) is 4.88 Å². The lowest BCUT2D eigenvalue weighted by atomic mass is 9.96. The summed E-state index contributed by atoms with van der Waals surface area (Å²) < 4.78 is 0. The molecule has 0 radical (unpaired) electrons. The molecule has 2 atom stereocenters. The zero-order chi connectivity index (χ0) is 19.6. The lowest BCUT2D eigenvalue weighted by molar-refractivity contribution is -0.124. The van der Waals surface area contributed by atoms with Gasteiger partial charge in [-0.2, -0.15) is 11.8 Å². The van der Waals surface area contributed by atoms with Crippen LogP contribution in [0.5, 0.6) is 0 Å². The molecule has 2 saturated carbocycles. The molecular formula is C22H32N2O2S2. The minimum atomic E-state index is -0.000144. The Kier molecular flexibility index (Phi) is 6.36. The highest BCUT2D eigenvalue weighted by Crippen LogP contribution is 2.60. The molecule has 4 nitrogen and oxygen atoms in total. The number of thiophene rings is 1. The van der Waals surface area contributed by atoms with Crippen LogP contribution in [-0.4, -0.2) is 35.9 Å². The number of hydrogen-bond acceptors (Lipinski definition) is 4. The van der Waals surface area contributed by atoms with Crippen molar-refractivity contribution in [1.29, 1.82) is 0 Å². The van der Waals surface area contributed by atoms with Crippen LogP contribution in [0.2, 0.25) is 0 Å². The van der Waals surface area contributed by atoms with E-state index in [0.29, 0.717) is 17.9 Å². The summed E-state index contributed by atoms with van der Waals surface area (Å²) in [6.45, 7) is 2.69. The molecular weight excluding hydrogens is 388 g/mol. The molecule has 3 fully saturated rings. The van der Waals surface area contributed by atoms with Crippen molar-refractivity contribution in [2.24, 2.45) is 11.3 Å². The molecule has 2 amide bonds. The fourth-order valence-electron chi connectivity index (χ4n) is 4.43. The summed E-state index contributed by atoms with van der Waals surface area (Å²) in [5.74, 6) is 3.49. The normalized spacial score (nSPS) is 24.0. The standard InChI is InChI=1S/C22H32N2O2S2/c1-2-3-4-17(24-20(25)18-12-22(18)7-9-27-10-8-22)13-23-21(26)19-11-16(14-28-19)15-5-6-15/h11,14-15,17-18H,2-10,12-13H2,1H3,(H,23,26)(H,24,25). The van der Waals surface area contributed by atoms with Gasteiger partial charge in [0.2, 0.25) is 5.91 Å². The summed E-state index contributed by atoms with van der Waals surface area (Å²) in [4.78, 5) is 26.2. The predicted octanol–water partition coefficient (Wildman–Crippen LogP) is 4.56. The van der Waals surface area contributed by atoms with Gasteiger partial charge in [0.15, 0.2) is 0 Å². The SMILES string of the molecule is CCCCC(CNC(=O)c1cc(C2CC2)cs1)NC(=O)C1CC12CCSCC2. The van der Waals surface area contributed by atoms with Crippen LogP contribution in [0.3, 0.4) is 0 Å². The largest absolute Gasteiger partial charge is 0.351 e. The van der Waals surface area contributed by atoms with Crippen molar-refractivity contribution in [3.8, 4) is 0 Å². The van der Waals surface area contributed by atoms with E-state index < -0.39 is 0 Å². The lowest BCUT2D eigenvalue weighted by Crippen LogP contribution is -2.44. The van der Waals surface area contributed by atoms with Gasteiger partial charge in [-0.15, -0.1) is 11.3 Å². The monoisotopic (exact) mass is 420 g/mol. The molecule has 1 aromatic rings. The molecule has 1 saturated heterocycles. The van der Waals surface area contributed by atoms with E-state index in [9.17, 15) is 9.59 Å². The fraction of sp³-hybridized carbons (Fsp3) is 0.727. The zero-order valence-electron chi connectivity index (χ0n) is 16.8. The first kappa shape index (κ1) is 20.3. The van der Waals surface area contributed by atoms with Crippen molar-refractivity contribution < 1.29 is 9.59 Å². The highest BCUT2D eigenvalue weighted by molar-refractivity contribution is 7.99. The third kappa shape index (κ3) is 4.76. The number of unbranched alkanes of at least 4 members (excludes halogenated alkanes) is 1. The number of nitrogens with one attached hydrogen (secondary N) is 2. The predicted molar refractivity (Wildman–Crippen MR) is 117 cm³/mol. The molecule has 1 aliphatic heterocycles. The molecule has 0 aromatic carbocycles. The Morgan fingerprint density at radius 3 is 2.79 bits per heavy atom. The Labute approximate surface area is 176 Å². The van der Waals surface area contributed by atoms with Gasteiger partial charge in [0.1, 0.15) is 0 Å². The maximum Gasteiger partial charge on any atom is 0.261 e. The van der Waals surface area contributed by atoms with Crippen LogP contribution < -0.4 is 10.6 Å². The second-order valence-corrected chi connectivity index (χ2v) is 10.9. The average molecular weight is 421 g/mol. The summed E-state index contributed by atoms with van der Waals surface area (Å²) in [5.41, 5.74) is 1.61. The van der Waals surface area contributed by atoms with E-state index in [1.54, 1.807) is 0 Å². The molecule has 2 aliphatic carbocycles. The molecule has 4 rings (SSSR count). The van der Waals surface area contributed by atoms with Crippen molar-refractivity contribution in [3.05, 3.63) is 21.9 Å². The Balaban J connectivity index is 1.28. The minimum Gasteiger partial charge on any atom is -0.351 e. The van der Waals surface area contributed by atoms with Gasteiger partial charge in [-0.1, -0.05) is 19.8 Å². The van der Waals surface area contributed by atoms with E-state index >= 15 is 0 Å². The molecule has 154 valence electrons. The van der Waals surface area contributed by atoms with Gasteiger partial charge in [0.25, 0.3) is 5.91 Å². The minimum absolute atomic E-state index is 0.000144. The number of rotatable bonds is 9. The summed E-state index contributed by atoms with van der Waals surface area (Å²) in [6, 6.07) is 2.08. The Hall–Kier alpha value is -1.01. The van der Waals surface area contributed by atoms with Gasteiger partial charge in [-0.05, 0) is 78.4 Å². The van der Waals surface area contributed by atoms with Crippen LogP contribution in [0.4, 0.5) is 0 Å². The maximum absolute atomic E-state index is 12.8. The number of carbonyl (C=O) groups is 2. The van der Waals surface area contributed by atoms with E-state index in [0.717, 1.165) is 30.6 Å². The Morgan fingerprint density at radius 2 is 2.07 bits per heavy atom. The van der Waals surface area contributed by atoms with Crippen molar-refractivity contribution in [2.75, 3.05) is 18.1 Å². The fourth-order valence-corrected chi connectivity index (χ4v) is 6.64. The highest BCUT2D eigenvalue weighted by Gasteiger charge is 2.57. The van der Waals surface area contributed by atoms with Crippen molar-refractivity contribution in [2.45, 2.75) is 70.3 Å². The van der Waals surface area contributed by atoms with Crippen molar-refractivity contribution in [3.63, 3.8) is 0 Å². The lowest BCUT2D eigenvalue weighted by Gasteiger charge is -2.23. The molecule has 6 heteroatoms. The summed E-state index contributed by atoms with van der Waals surface area (Å²) in [6.07, 6.45) is 9.04. The topological polar surface area (TPSA) is 58.2 Å². The first-order chi connectivity index (χ1) is 13.6. The van der Waals surface area contributed by atoms with Crippen LogP contribution >= 0.6 is 23.1 Å². The summed E-state index contributed by atoms with van der Waals surface area (Å²) in [7, 11) is 0. The van der Waals surface area contributed by atoms with Gasteiger partial charge >= 0.3 is 0 Å². The number of hydrogen-bond donors (Lipinski definition) is 2. The van der Waals surface area contributed by atoms with Gasteiger partial charge in [-0.3, -0.25) is 9.59 Å². The Bertz CT molecular complexity index is 707. The molecule has 2 N–H and O–H groups in total. The molecule has 2 heterocycles. The third-order valence-electron chi connectivity index (χ3n) is 6.65. The quantitative estimate of drug-likeness (QED) is 0.615. The molecule has 3 aliphatic rings. The number of thioether (sulfide) groups is 1. The van der Waals surface area contributed by atoms with Crippen molar-refractivity contribution >= 4 is 34.9 Å². The maximum atomic E-state index is 12.8. The molecule has 1 aromatic heterocycles.